The van der Waals surface area contributed by atoms with E-state index < -0.39 is 0 Å². The van der Waals surface area contributed by atoms with E-state index in [1.165, 1.54) is 0 Å². The second kappa shape index (κ2) is 5.76. The molecule has 1 saturated heterocycles. The first-order chi connectivity index (χ1) is 10.1. The third kappa shape index (κ3) is 2.86. The molecule has 2 fully saturated rings. The van der Waals surface area contributed by atoms with Crippen molar-refractivity contribution in [2.45, 2.75) is 25.7 Å². The molecule has 2 aliphatic rings. The summed E-state index contributed by atoms with van der Waals surface area (Å²) in [5, 5.41) is 2.94. The molecule has 0 unspecified atom stereocenters. The van der Waals surface area contributed by atoms with Gasteiger partial charge in [0.25, 0.3) is 0 Å². The van der Waals surface area contributed by atoms with Crippen molar-refractivity contribution >= 4 is 23.3 Å². The van der Waals surface area contributed by atoms with E-state index in [1.54, 1.807) is 9.80 Å². The van der Waals surface area contributed by atoms with Crippen molar-refractivity contribution in [1.29, 1.82) is 0 Å². The largest absolute Gasteiger partial charge is 0.327 e. The Morgan fingerprint density at radius 1 is 1.14 bits per heavy atom. The third-order valence-electron chi connectivity index (χ3n) is 4.36. The predicted octanol–water partition coefficient (Wildman–Crippen LogP) is 2.69. The number of benzene rings is 1. The molecular weight excluding hydrogens is 266 g/mol. The lowest BCUT2D eigenvalue weighted by Gasteiger charge is -2.33. The van der Waals surface area contributed by atoms with E-state index in [9.17, 15) is 9.59 Å². The number of nitrogens with one attached hydrogen (secondary N) is 1. The molecule has 1 heterocycles. The summed E-state index contributed by atoms with van der Waals surface area (Å²) >= 11 is 0. The van der Waals surface area contributed by atoms with E-state index >= 15 is 0 Å². The smallest absolute Gasteiger partial charge is 0.324 e. The Morgan fingerprint density at radius 3 is 2.48 bits per heavy atom. The summed E-state index contributed by atoms with van der Waals surface area (Å²) in [5.74, 6) is 0.296. The number of nitrogens with zero attached hydrogens (tertiary/aromatic N) is 2. The van der Waals surface area contributed by atoms with Crippen molar-refractivity contribution in [3.63, 3.8) is 0 Å². The zero-order chi connectivity index (χ0) is 14.8. The number of carbonyl (C=O) groups is 2. The van der Waals surface area contributed by atoms with Crippen LogP contribution in [0.5, 0.6) is 0 Å². The average Bonchev–Trinajstić information content (AvgIpc) is 2.41. The van der Waals surface area contributed by atoms with Gasteiger partial charge in [-0.1, -0.05) is 6.42 Å². The van der Waals surface area contributed by atoms with Gasteiger partial charge in [0.1, 0.15) is 0 Å². The lowest BCUT2D eigenvalue weighted by atomic mass is 9.85. The molecule has 1 aliphatic carbocycles. The molecular formula is C16H21N3O2. The predicted molar refractivity (Wildman–Crippen MR) is 82.4 cm³/mol. The number of anilines is 2. The quantitative estimate of drug-likeness (QED) is 0.929. The second-order valence-electron chi connectivity index (χ2n) is 5.87. The van der Waals surface area contributed by atoms with E-state index in [0.717, 1.165) is 50.1 Å². The van der Waals surface area contributed by atoms with Gasteiger partial charge in [0.2, 0.25) is 5.91 Å². The number of amides is 3. The fourth-order valence-corrected chi connectivity index (χ4v) is 2.74. The minimum Gasteiger partial charge on any atom is -0.327 e. The second-order valence-corrected chi connectivity index (χ2v) is 5.87. The molecule has 1 aromatic rings. The van der Waals surface area contributed by atoms with E-state index in [2.05, 4.69) is 5.32 Å². The summed E-state index contributed by atoms with van der Waals surface area (Å²) in [7, 11) is 1.82. The first-order valence-corrected chi connectivity index (χ1v) is 7.59. The van der Waals surface area contributed by atoms with Crippen LogP contribution in [0.3, 0.4) is 0 Å². The molecule has 1 aliphatic heterocycles. The minimum atomic E-state index is 0.0347. The van der Waals surface area contributed by atoms with Crippen LogP contribution in [0.15, 0.2) is 24.3 Å². The molecule has 0 bridgehead atoms. The first kappa shape index (κ1) is 13.9. The Morgan fingerprint density at radius 2 is 1.86 bits per heavy atom. The molecule has 0 aromatic heterocycles. The van der Waals surface area contributed by atoms with Crippen LogP contribution in [0.25, 0.3) is 0 Å². The molecule has 1 N–H and O–H groups in total. The lowest BCUT2D eigenvalue weighted by molar-refractivity contribution is -0.122. The van der Waals surface area contributed by atoms with Crippen LogP contribution in [-0.2, 0) is 4.79 Å². The number of hydrogen-bond acceptors (Lipinski definition) is 2. The molecule has 112 valence electrons. The highest BCUT2D eigenvalue weighted by molar-refractivity contribution is 5.95. The van der Waals surface area contributed by atoms with E-state index in [-0.39, 0.29) is 17.9 Å². The van der Waals surface area contributed by atoms with Gasteiger partial charge in [-0.25, -0.2) is 4.79 Å². The third-order valence-corrected chi connectivity index (χ3v) is 4.36. The molecule has 0 atom stereocenters. The van der Waals surface area contributed by atoms with E-state index in [4.69, 9.17) is 0 Å². The van der Waals surface area contributed by atoms with Crippen LogP contribution in [0.4, 0.5) is 16.2 Å². The fourth-order valence-electron chi connectivity index (χ4n) is 2.74. The molecule has 1 aromatic carbocycles. The molecule has 1 saturated carbocycles. The van der Waals surface area contributed by atoms with Crippen molar-refractivity contribution in [1.82, 2.24) is 4.90 Å². The maximum atomic E-state index is 12.1. The molecule has 5 heteroatoms. The highest BCUT2D eigenvalue weighted by Crippen LogP contribution is 2.28. The van der Waals surface area contributed by atoms with Gasteiger partial charge in [0, 0.05) is 37.4 Å². The van der Waals surface area contributed by atoms with Gasteiger partial charge >= 0.3 is 6.03 Å². The monoisotopic (exact) mass is 287 g/mol. The van der Waals surface area contributed by atoms with E-state index in [1.807, 2.05) is 31.3 Å². The molecule has 0 spiro atoms. The summed E-state index contributed by atoms with van der Waals surface area (Å²) in [6, 6.07) is 7.56. The molecule has 0 radical (unpaired) electrons. The molecule has 5 nitrogen and oxygen atoms in total. The van der Waals surface area contributed by atoms with Crippen LogP contribution in [-0.4, -0.2) is 37.0 Å². The van der Waals surface area contributed by atoms with Gasteiger partial charge in [-0.3, -0.25) is 9.69 Å². The molecule has 3 amide bonds. The Labute approximate surface area is 124 Å². The Bertz CT molecular complexity index is 537. The zero-order valence-corrected chi connectivity index (χ0v) is 12.3. The highest BCUT2D eigenvalue weighted by atomic mass is 16.2. The van der Waals surface area contributed by atoms with Gasteiger partial charge in [-0.05, 0) is 43.5 Å². The van der Waals surface area contributed by atoms with Gasteiger partial charge in [-0.15, -0.1) is 0 Å². The van der Waals surface area contributed by atoms with Crippen LogP contribution >= 0.6 is 0 Å². The van der Waals surface area contributed by atoms with Gasteiger partial charge in [0.05, 0.1) is 0 Å². The summed E-state index contributed by atoms with van der Waals surface area (Å²) in [4.78, 5) is 27.5. The van der Waals surface area contributed by atoms with Crippen molar-refractivity contribution in [2.24, 2.45) is 5.92 Å². The number of carbonyl (C=O) groups excluding carboxylic acids is 2. The average molecular weight is 287 g/mol. The minimum absolute atomic E-state index is 0.0347. The van der Waals surface area contributed by atoms with Crippen LogP contribution in [0.1, 0.15) is 25.7 Å². The standard InChI is InChI=1S/C16H21N3O2/c1-18-10-3-11-19(16(18)21)14-8-6-13(7-9-14)17-15(20)12-4-2-5-12/h6-9,12H,2-5,10-11H2,1H3,(H,17,20). The first-order valence-electron chi connectivity index (χ1n) is 7.59. The SMILES string of the molecule is CN1CCCN(c2ccc(NC(=O)C3CCC3)cc2)C1=O. The molecule has 21 heavy (non-hydrogen) atoms. The van der Waals surface area contributed by atoms with Crippen molar-refractivity contribution in [3.05, 3.63) is 24.3 Å². The summed E-state index contributed by atoms with van der Waals surface area (Å²) < 4.78 is 0. The topological polar surface area (TPSA) is 52.6 Å². The maximum absolute atomic E-state index is 12.1. The van der Waals surface area contributed by atoms with E-state index in [0.29, 0.717) is 0 Å². The number of hydrogen-bond donors (Lipinski definition) is 1. The fraction of sp³-hybridized carbons (Fsp3) is 0.500. The van der Waals surface area contributed by atoms with Crippen LogP contribution in [0.2, 0.25) is 0 Å². The Balaban J connectivity index is 1.66. The van der Waals surface area contributed by atoms with Gasteiger partial charge in [-0.2, -0.15) is 0 Å². The Kier molecular flexibility index (Phi) is 3.82. The van der Waals surface area contributed by atoms with Gasteiger partial charge in [0.15, 0.2) is 0 Å². The summed E-state index contributed by atoms with van der Waals surface area (Å²) in [5.41, 5.74) is 1.68. The lowest BCUT2D eigenvalue weighted by Crippen LogP contribution is -2.47. The van der Waals surface area contributed by atoms with Gasteiger partial charge < -0.3 is 10.2 Å². The maximum Gasteiger partial charge on any atom is 0.324 e. The summed E-state index contributed by atoms with van der Waals surface area (Å²) in [6.45, 7) is 1.56. The van der Waals surface area contributed by atoms with Crippen LogP contribution in [0, 0.1) is 5.92 Å². The summed E-state index contributed by atoms with van der Waals surface area (Å²) in [6.07, 6.45) is 4.13. The normalized spacial score (nSPS) is 19.4. The molecule has 3 rings (SSSR count). The zero-order valence-electron chi connectivity index (χ0n) is 12.3. The van der Waals surface area contributed by atoms with Crippen LogP contribution < -0.4 is 10.2 Å². The van der Waals surface area contributed by atoms with Crippen molar-refractivity contribution < 1.29 is 9.59 Å². The number of urea groups is 1. The highest BCUT2D eigenvalue weighted by Gasteiger charge is 2.26. The van der Waals surface area contributed by atoms with Crippen molar-refractivity contribution in [2.75, 3.05) is 30.4 Å². The number of rotatable bonds is 3. The Hall–Kier alpha value is -2.04. The van der Waals surface area contributed by atoms with Crippen molar-refractivity contribution in [3.8, 4) is 0 Å².